The Morgan fingerprint density at radius 2 is 1.86 bits per heavy atom. The smallest absolute Gasteiger partial charge is 0.408 e. The number of nitrogens with one attached hydrogen (secondary N) is 1. The molecule has 0 radical (unpaired) electrons. The average molecular weight is 310 g/mol. The molecule has 0 bridgehead atoms. The first-order chi connectivity index (χ1) is 10.1. The van der Waals surface area contributed by atoms with Gasteiger partial charge in [0.2, 0.25) is 0 Å². The van der Waals surface area contributed by atoms with Crippen molar-refractivity contribution >= 4 is 17.7 Å². The van der Waals surface area contributed by atoms with Crippen LogP contribution in [0.2, 0.25) is 0 Å². The minimum atomic E-state index is -1.27. The van der Waals surface area contributed by atoms with Gasteiger partial charge in [-0.1, -0.05) is 12.1 Å². The molecule has 7 nitrogen and oxygen atoms in total. The number of amides is 1. The van der Waals surface area contributed by atoms with E-state index in [0.717, 1.165) is 0 Å². The standard InChI is InChI=1S/C15H22N2O5/c1-9(21-11-8-6-5-7-10(11)16)12(13(18)19)17-14(20)22-15(2,3)4/h5-9,12H,16H2,1-4H3,(H,17,20)(H,18,19)/t9?,12-/m0/s1. The third-order valence-electron chi connectivity index (χ3n) is 2.64. The molecule has 22 heavy (non-hydrogen) atoms. The van der Waals surface area contributed by atoms with Gasteiger partial charge in [-0.3, -0.25) is 0 Å². The third kappa shape index (κ3) is 5.51. The summed E-state index contributed by atoms with van der Waals surface area (Å²) in [6.07, 6.45) is -1.66. The van der Waals surface area contributed by atoms with Crippen LogP contribution in [0.1, 0.15) is 27.7 Å². The number of para-hydroxylation sites is 2. The molecule has 4 N–H and O–H groups in total. The normalized spacial score (nSPS) is 13.8. The lowest BCUT2D eigenvalue weighted by Crippen LogP contribution is -2.51. The van der Waals surface area contributed by atoms with E-state index < -0.39 is 29.8 Å². The van der Waals surface area contributed by atoms with Gasteiger partial charge in [0.1, 0.15) is 17.5 Å². The SMILES string of the molecule is CC(Oc1ccccc1N)[C@H](NC(=O)OC(C)(C)C)C(=O)O. The number of aliphatic carboxylic acids is 1. The average Bonchev–Trinajstić information content (AvgIpc) is 2.36. The highest BCUT2D eigenvalue weighted by Crippen LogP contribution is 2.22. The van der Waals surface area contributed by atoms with E-state index in [4.69, 9.17) is 15.2 Å². The van der Waals surface area contributed by atoms with Crippen LogP contribution in [0.15, 0.2) is 24.3 Å². The van der Waals surface area contributed by atoms with Gasteiger partial charge < -0.3 is 25.6 Å². The lowest BCUT2D eigenvalue weighted by molar-refractivity contribution is -0.141. The van der Waals surface area contributed by atoms with Crippen molar-refractivity contribution in [3.05, 3.63) is 24.3 Å². The molecule has 0 spiro atoms. The van der Waals surface area contributed by atoms with Crippen molar-refractivity contribution in [1.82, 2.24) is 5.32 Å². The molecular weight excluding hydrogens is 288 g/mol. The van der Waals surface area contributed by atoms with Gasteiger partial charge in [0.25, 0.3) is 0 Å². The van der Waals surface area contributed by atoms with E-state index in [1.165, 1.54) is 6.92 Å². The van der Waals surface area contributed by atoms with Crippen LogP contribution in [0.25, 0.3) is 0 Å². The number of carbonyl (C=O) groups excluding carboxylic acids is 1. The first-order valence-electron chi connectivity index (χ1n) is 6.83. The van der Waals surface area contributed by atoms with Gasteiger partial charge in [0.15, 0.2) is 6.04 Å². The summed E-state index contributed by atoms with van der Waals surface area (Å²) in [7, 11) is 0. The van der Waals surface area contributed by atoms with E-state index in [0.29, 0.717) is 11.4 Å². The van der Waals surface area contributed by atoms with Crippen molar-refractivity contribution < 1.29 is 24.2 Å². The maximum absolute atomic E-state index is 11.7. The molecule has 0 aliphatic heterocycles. The molecule has 1 amide bonds. The van der Waals surface area contributed by atoms with Gasteiger partial charge in [0.05, 0.1) is 5.69 Å². The molecule has 0 saturated carbocycles. The zero-order chi connectivity index (χ0) is 16.9. The number of carboxylic acids is 1. The number of hydrogen-bond acceptors (Lipinski definition) is 5. The Morgan fingerprint density at radius 1 is 1.27 bits per heavy atom. The quantitative estimate of drug-likeness (QED) is 0.717. The summed E-state index contributed by atoms with van der Waals surface area (Å²) in [5.41, 5.74) is 5.41. The van der Waals surface area contributed by atoms with E-state index >= 15 is 0 Å². The molecule has 1 unspecified atom stereocenters. The van der Waals surface area contributed by atoms with Crippen LogP contribution in [-0.2, 0) is 9.53 Å². The molecule has 0 fully saturated rings. The van der Waals surface area contributed by atoms with E-state index in [1.54, 1.807) is 45.0 Å². The fourth-order valence-corrected chi connectivity index (χ4v) is 1.67. The molecule has 1 aromatic carbocycles. The van der Waals surface area contributed by atoms with Crippen LogP contribution < -0.4 is 15.8 Å². The second-order valence-electron chi connectivity index (χ2n) is 5.82. The van der Waals surface area contributed by atoms with Gasteiger partial charge in [-0.2, -0.15) is 0 Å². The largest absolute Gasteiger partial charge is 0.486 e. The third-order valence-corrected chi connectivity index (χ3v) is 2.64. The molecule has 0 aromatic heterocycles. The summed E-state index contributed by atoms with van der Waals surface area (Å²) in [4.78, 5) is 23.1. The monoisotopic (exact) mass is 310 g/mol. The molecular formula is C15H22N2O5. The van der Waals surface area contributed by atoms with Crippen molar-refractivity contribution in [1.29, 1.82) is 0 Å². The number of benzene rings is 1. The van der Waals surface area contributed by atoms with Gasteiger partial charge >= 0.3 is 12.1 Å². The number of alkyl carbamates (subject to hydrolysis) is 1. The summed E-state index contributed by atoms with van der Waals surface area (Å²) >= 11 is 0. The Bertz CT molecular complexity index is 539. The van der Waals surface area contributed by atoms with Gasteiger partial charge in [-0.05, 0) is 39.8 Å². The number of carboxylic acid groups (broad SMARTS) is 1. The van der Waals surface area contributed by atoms with Crippen LogP contribution in [0.4, 0.5) is 10.5 Å². The molecule has 2 atom stereocenters. The Kier molecular flexibility index (Phi) is 5.62. The number of nitrogen functional groups attached to an aromatic ring is 1. The van der Waals surface area contributed by atoms with Crippen molar-refractivity contribution in [2.24, 2.45) is 0 Å². The van der Waals surface area contributed by atoms with Crippen molar-refractivity contribution in [2.45, 2.75) is 45.4 Å². The summed E-state index contributed by atoms with van der Waals surface area (Å²) in [5, 5.41) is 11.5. The van der Waals surface area contributed by atoms with Crippen molar-refractivity contribution in [2.75, 3.05) is 5.73 Å². The minimum absolute atomic E-state index is 0.354. The van der Waals surface area contributed by atoms with Crippen LogP contribution in [0.5, 0.6) is 5.75 Å². The Balaban J connectivity index is 2.76. The number of rotatable bonds is 5. The van der Waals surface area contributed by atoms with E-state index in [2.05, 4.69) is 5.32 Å². The molecule has 0 aliphatic rings. The number of nitrogens with two attached hydrogens (primary N) is 1. The molecule has 0 heterocycles. The van der Waals surface area contributed by atoms with Crippen LogP contribution in [-0.4, -0.2) is 34.9 Å². The fraction of sp³-hybridized carbons (Fsp3) is 0.467. The number of hydrogen-bond donors (Lipinski definition) is 3. The molecule has 0 saturated heterocycles. The van der Waals surface area contributed by atoms with E-state index in [-0.39, 0.29) is 0 Å². The predicted octanol–water partition coefficient (Wildman–Crippen LogP) is 2.01. The van der Waals surface area contributed by atoms with Crippen LogP contribution in [0.3, 0.4) is 0 Å². The predicted molar refractivity (Wildman–Crippen MR) is 81.7 cm³/mol. The maximum atomic E-state index is 11.7. The maximum Gasteiger partial charge on any atom is 0.408 e. The highest BCUT2D eigenvalue weighted by molar-refractivity contribution is 5.80. The van der Waals surface area contributed by atoms with Gasteiger partial charge in [0, 0.05) is 0 Å². The molecule has 7 heteroatoms. The number of carbonyl (C=O) groups is 2. The minimum Gasteiger partial charge on any atom is -0.486 e. The lowest BCUT2D eigenvalue weighted by Gasteiger charge is -2.25. The second kappa shape index (κ2) is 7.02. The van der Waals surface area contributed by atoms with E-state index in [9.17, 15) is 14.7 Å². The summed E-state index contributed by atoms with van der Waals surface area (Å²) in [6, 6.07) is 5.45. The van der Waals surface area contributed by atoms with Crippen molar-refractivity contribution in [3.63, 3.8) is 0 Å². The highest BCUT2D eigenvalue weighted by atomic mass is 16.6. The second-order valence-corrected chi connectivity index (χ2v) is 5.82. The first kappa shape index (κ1) is 17.6. The fourth-order valence-electron chi connectivity index (χ4n) is 1.67. The van der Waals surface area contributed by atoms with Crippen molar-refractivity contribution in [3.8, 4) is 5.75 Å². The summed E-state index contributed by atoms with van der Waals surface area (Å²) in [6.45, 7) is 6.59. The van der Waals surface area contributed by atoms with Crippen LogP contribution in [0, 0.1) is 0 Å². The van der Waals surface area contributed by atoms with Gasteiger partial charge in [-0.25, -0.2) is 9.59 Å². The Hall–Kier alpha value is -2.44. The van der Waals surface area contributed by atoms with Crippen LogP contribution >= 0.6 is 0 Å². The summed E-state index contributed by atoms with van der Waals surface area (Å²) < 4.78 is 10.6. The number of anilines is 1. The molecule has 1 aromatic rings. The first-order valence-corrected chi connectivity index (χ1v) is 6.83. The Morgan fingerprint density at radius 3 is 2.36 bits per heavy atom. The molecule has 122 valence electrons. The molecule has 1 rings (SSSR count). The Labute approximate surface area is 129 Å². The molecule has 0 aliphatic carbocycles. The van der Waals surface area contributed by atoms with Gasteiger partial charge in [-0.15, -0.1) is 0 Å². The lowest BCUT2D eigenvalue weighted by atomic mass is 10.2. The highest BCUT2D eigenvalue weighted by Gasteiger charge is 2.30. The zero-order valence-electron chi connectivity index (χ0n) is 13.1. The number of ether oxygens (including phenoxy) is 2. The summed E-state index contributed by atoms with van der Waals surface area (Å²) in [5.74, 6) is -0.875. The topological polar surface area (TPSA) is 111 Å². The van der Waals surface area contributed by atoms with E-state index in [1.807, 2.05) is 0 Å². The zero-order valence-corrected chi connectivity index (χ0v) is 13.1.